The molecule has 0 radical (unpaired) electrons. The van der Waals surface area contributed by atoms with Crippen LogP contribution >= 0.6 is 0 Å². The van der Waals surface area contributed by atoms with Crippen LogP contribution in [0.25, 0.3) is 16.8 Å². The maximum atomic E-state index is 12.0. The van der Waals surface area contributed by atoms with E-state index < -0.39 is 0 Å². The topological polar surface area (TPSA) is 68.5 Å². The molecule has 0 aliphatic rings. The lowest BCUT2D eigenvalue weighted by Gasteiger charge is -2.12. The second kappa shape index (κ2) is 8.31. The fraction of sp³-hybridized carbons (Fsp3) is 0.381. The molecule has 0 saturated carbocycles. The fourth-order valence-electron chi connectivity index (χ4n) is 3.39. The van der Waals surface area contributed by atoms with E-state index in [1.165, 1.54) is 0 Å². The summed E-state index contributed by atoms with van der Waals surface area (Å²) in [4.78, 5) is 16.8. The molecule has 0 atom stereocenters. The third-order valence-corrected chi connectivity index (χ3v) is 4.79. The van der Waals surface area contributed by atoms with Crippen LogP contribution in [0.15, 0.2) is 30.3 Å². The lowest BCUT2D eigenvalue weighted by molar-refractivity contribution is -0.121. The van der Waals surface area contributed by atoms with Gasteiger partial charge in [0.15, 0.2) is 5.65 Å². The van der Waals surface area contributed by atoms with Crippen molar-refractivity contribution in [1.29, 1.82) is 0 Å². The zero-order chi connectivity index (χ0) is 19.4. The van der Waals surface area contributed by atoms with Crippen molar-refractivity contribution < 1.29 is 9.53 Å². The molecule has 27 heavy (non-hydrogen) atoms. The van der Waals surface area contributed by atoms with Crippen LogP contribution in [-0.2, 0) is 16.0 Å². The Morgan fingerprint density at radius 3 is 2.59 bits per heavy atom. The minimum Gasteiger partial charge on any atom is -0.383 e. The number of amides is 1. The van der Waals surface area contributed by atoms with Crippen LogP contribution in [0.3, 0.4) is 0 Å². The molecule has 0 fully saturated rings. The minimum absolute atomic E-state index is 0.0209. The van der Waals surface area contributed by atoms with E-state index in [0.717, 1.165) is 39.4 Å². The van der Waals surface area contributed by atoms with Gasteiger partial charge < -0.3 is 10.1 Å². The zero-order valence-corrected chi connectivity index (χ0v) is 16.4. The van der Waals surface area contributed by atoms with Crippen LogP contribution in [0.1, 0.15) is 29.1 Å². The van der Waals surface area contributed by atoms with Crippen molar-refractivity contribution in [3.63, 3.8) is 0 Å². The van der Waals surface area contributed by atoms with E-state index >= 15 is 0 Å². The number of nitrogens with one attached hydrogen (secondary N) is 1. The highest BCUT2D eigenvalue weighted by atomic mass is 16.5. The third-order valence-electron chi connectivity index (χ3n) is 4.79. The van der Waals surface area contributed by atoms with Gasteiger partial charge in [-0.3, -0.25) is 4.79 Å². The Balaban J connectivity index is 1.90. The monoisotopic (exact) mass is 366 g/mol. The molecule has 6 nitrogen and oxygen atoms in total. The first-order chi connectivity index (χ1) is 13.0. The molecule has 3 rings (SSSR count). The number of carbonyl (C=O) groups is 1. The van der Waals surface area contributed by atoms with Crippen molar-refractivity contribution in [1.82, 2.24) is 19.9 Å². The van der Waals surface area contributed by atoms with E-state index in [-0.39, 0.29) is 5.91 Å². The lowest BCUT2D eigenvalue weighted by Crippen LogP contribution is -2.27. The molecule has 2 heterocycles. The number of nitrogens with zero attached hydrogens (tertiary/aromatic N) is 3. The van der Waals surface area contributed by atoms with E-state index in [1.54, 1.807) is 7.11 Å². The maximum absolute atomic E-state index is 12.0. The van der Waals surface area contributed by atoms with Crippen molar-refractivity contribution >= 4 is 11.6 Å². The summed E-state index contributed by atoms with van der Waals surface area (Å²) in [7, 11) is 1.62. The van der Waals surface area contributed by atoms with Crippen LogP contribution in [0.5, 0.6) is 0 Å². The van der Waals surface area contributed by atoms with Gasteiger partial charge in [0.2, 0.25) is 5.91 Å². The van der Waals surface area contributed by atoms with E-state index in [0.29, 0.717) is 26.0 Å². The smallest absolute Gasteiger partial charge is 0.220 e. The average molecular weight is 366 g/mol. The highest BCUT2D eigenvalue weighted by Crippen LogP contribution is 2.29. The van der Waals surface area contributed by atoms with E-state index in [4.69, 9.17) is 14.8 Å². The first-order valence-corrected chi connectivity index (χ1v) is 9.19. The third kappa shape index (κ3) is 4.01. The summed E-state index contributed by atoms with van der Waals surface area (Å²) >= 11 is 0. The second-order valence-electron chi connectivity index (χ2n) is 6.67. The summed E-state index contributed by atoms with van der Waals surface area (Å²) in [6, 6.07) is 10.2. The number of fused-ring (bicyclic) bond motifs is 1. The normalized spacial score (nSPS) is 11.1. The largest absolute Gasteiger partial charge is 0.383 e. The van der Waals surface area contributed by atoms with Gasteiger partial charge in [-0.1, -0.05) is 30.3 Å². The van der Waals surface area contributed by atoms with Crippen LogP contribution in [0, 0.1) is 20.8 Å². The molecule has 0 aliphatic carbocycles. The van der Waals surface area contributed by atoms with Gasteiger partial charge in [-0.25, -0.2) is 9.50 Å². The Labute approximate surface area is 159 Å². The number of aryl methyl sites for hydroxylation is 3. The maximum Gasteiger partial charge on any atom is 0.220 e. The SMILES string of the molecule is COCCNC(=O)CCc1c(C)nc2c(-c3ccccc3)c(C)nn2c1C. The number of aromatic nitrogens is 3. The van der Waals surface area contributed by atoms with Gasteiger partial charge in [0.1, 0.15) is 0 Å². The highest BCUT2D eigenvalue weighted by Gasteiger charge is 2.18. The number of ether oxygens (including phenoxy) is 1. The molecule has 142 valence electrons. The number of benzene rings is 1. The van der Waals surface area contributed by atoms with Crippen LogP contribution < -0.4 is 5.32 Å². The fourth-order valence-corrected chi connectivity index (χ4v) is 3.39. The van der Waals surface area contributed by atoms with E-state index in [2.05, 4.69) is 17.4 Å². The van der Waals surface area contributed by atoms with Gasteiger partial charge in [0.25, 0.3) is 0 Å². The van der Waals surface area contributed by atoms with Gasteiger partial charge in [-0.05, 0) is 38.3 Å². The van der Waals surface area contributed by atoms with Crippen LogP contribution in [-0.4, -0.2) is 40.8 Å². The molecule has 1 N–H and O–H groups in total. The summed E-state index contributed by atoms with van der Waals surface area (Å²) in [5.41, 5.74) is 7.04. The van der Waals surface area contributed by atoms with Gasteiger partial charge in [-0.15, -0.1) is 0 Å². The summed E-state index contributed by atoms with van der Waals surface area (Å²) in [5, 5.41) is 7.57. The standard InChI is InChI=1S/C21H26N4O2/c1-14-18(10-11-19(26)22-12-13-27-4)16(3)25-21(23-14)20(15(2)24-25)17-8-6-5-7-9-17/h5-9H,10-13H2,1-4H3,(H,22,26). The summed E-state index contributed by atoms with van der Waals surface area (Å²) in [6.07, 6.45) is 1.06. The van der Waals surface area contributed by atoms with Crippen molar-refractivity contribution in [2.45, 2.75) is 33.6 Å². The van der Waals surface area contributed by atoms with Crippen LogP contribution in [0.2, 0.25) is 0 Å². The molecule has 0 aliphatic heterocycles. The summed E-state index contributed by atoms with van der Waals surface area (Å²) in [5.74, 6) is 0.0209. The predicted octanol–water partition coefficient (Wildman–Crippen LogP) is 3.02. The van der Waals surface area contributed by atoms with Crippen molar-refractivity contribution in [3.8, 4) is 11.1 Å². The van der Waals surface area contributed by atoms with Crippen molar-refractivity contribution in [3.05, 3.63) is 53.0 Å². The average Bonchev–Trinajstić information content (AvgIpc) is 2.98. The molecule has 0 saturated heterocycles. The number of rotatable bonds is 7. The molecule has 3 aromatic rings. The first-order valence-electron chi connectivity index (χ1n) is 9.19. The number of hydrogen-bond acceptors (Lipinski definition) is 4. The van der Waals surface area contributed by atoms with E-state index in [9.17, 15) is 4.79 Å². The predicted molar refractivity (Wildman–Crippen MR) is 106 cm³/mol. The molecule has 0 unspecified atom stereocenters. The van der Waals surface area contributed by atoms with Crippen molar-refractivity contribution in [2.24, 2.45) is 0 Å². The molecule has 0 bridgehead atoms. The number of hydrogen-bond donors (Lipinski definition) is 1. The van der Waals surface area contributed by atoms with Gasteiger partial charge >= 0.3 is 0 Å². The Kier molecular flexibility index (Phi) is 5.86. The molecule has 1 aromatic carbocycles. The Morgan fingerprint density at radius 2 is 1.89 bits per heavy atom. The lowest BCUT2D eigenvalue weighted by atomic mass is 10.0. The molecule has 6 heteroatoms. The Morgan fingerprint density at radius 1 is 1.15 bits per heavy atom. The molecular weight excluding hydrogens is 340 g/mol. The zero-order valence-electron chi connectivity index (χ0n) is 16.4. The summed E-state index contributed by atoms with van der Waals surface area (Å²) in [6.45, 7) is 7.10. The molecule has 1 amide bonds. The number of carbonyl (C=O) groups excluding carboxylic acids is 1. The second-order valence-corrected chi connectivity index (χ2v) is 6.67. The minimum atomic E-state index is 0.0209. The van der Waals surface area contributed by atoms with E-state index in [1.807, 2.05) is 43.5 Å². The quantitative estimate of drug-likeness (QED) is 0.653. The first kappa shape index (κ1) is 19.0. The van der Waals surface area contributed by atoms with Gasteiger partial charge in [-0.2, -0.15) is 5.10 Å². The highest BCUT2D eigenvalue weighted by molar-refractivity contribution is 5.80. The molecule has 2 aromatic heterocycles. The number of methoxy groups -OCH3 is 1. The Hall–Kier alpha value is -2.73. The molecular formula is C21H26N4O2. The molecule has 0 spiro atoms. The van der Waals surface area contributed by atoms with Crippen molar-refractivity contribution in [2.75, 3.05) is 20.3 Å². The Bertz CT molecular complexity index is 948. The summed E-state index contributed by atoms with van der Waals surface area (Å²) < 4.78 is 6.86. The van der Waals surface area contributed by atoms with Gasteiger partial charge in [0, 0.05) is 37.0 Å². The van der Waals surface area contributed by atoms with Gasteiger partial charge in [0.05, 0.1) is 12.3 Å². The van der Waals surface area contributed by atoms with Crippen LogP contribution in [0.4, 0.5) is 0 Å².